The Hall–Kier alpha value is -1.21. The Morgan fingerprint density at radius 3 is 2.50 bits per heavy atom. The van der Waals surface area contributed by atoms with Gasteiger partial charge in [0.1, 0.15) is 6.61 Å². The lowest BCUT2D eigenvalue weighted by Crippen LogP contribution is -2.30. The van der Waals surface area contributed by atoms with Crippen molar-refractivity contribution in [3.8, 4) is 11.5 Å². The van der Waals surface area contributed by atoms with Crippen LogP contribution in [0.3, 0.4) is 0 Å². The number of carbonyl (C=O) groups excluding carboxylic acids is 1. The van der Waals surface area contributed by atoms with E-state index in [0.29, 0.717) is 18.9 Å². The number of rotatable bonds is 10. The second-order valence-electron chi connectivity index (χ2n) is 6.85. The Morgan fingerprint density at radius 2 is 1.93 bits per heavy atom. The number of benzene rings is 1. The Labute approximate surface area is 181 Å². The predicted octanol–water partition coefficient (Wildman–Crippen LogP) is 3.00. The molecule has 0 aliphatic heterocycles. The first-order valence-corrected chi connectivity index (χ1v) is 9.62. The van der Waals surface area contributed by atoms with Gasteiger partial charge in [-0.2, -0.15) is 0 Å². The van der Waals surface area contributed by atoms with Crippen LogP contribution in [-0.2, 0) is 11.3 Å². The van der Waals surface area contributed by atoms with Gasteiger partial charge in [-0.05, 0) is 50.0 Å². The lowest BCUT2D eigenvalue weighted by atomic mass is 10.1. The van der Waals surface area contributed by atoms with E-state index < -0.39 is 0 Å². The van der Waals surface area contributed by atoms with E-state index >= 15 is 0 Å². The molecular formula is C20H35Cl2N3O3. The van der Waals surface area contributed by atoms with E-state index in [-0.39, 0.29) is 42.7 Å². The van der Waals surface area contributed by atoms with Crippen molar-refractivity contribution in [1.82, 2.24) is 10.2 Å². The summed E-state index contributed by atoms with van der Waals surface area (Å²) in [5, 5.41) is 3.01. The number of amides is 1. The third-order valence-electron chi connectivity index (χ3n) is 5.10. The zero-order valence-electron chi connectivity index (χ0n) is 17.1. The van der Waals surface area contributed by atoms with Crippen LogP contribution in [0.4, 0.5) is 0 Å². The van der Waals surface area contributed by atoms with Crippen molar-refractivity contribution < 1.29 is 14.3 Å². The quantitative estimate of drug-likeness (QED) is 0.590. The number of nitrogens with zero attached hydrogens (tertiary/aromatic N) is 1. The van der Waals surface area contributed by atoms with Gasteiger partial charge in [0, 0.05) is 25.0 Å². The first kappa shape index (κ1) is 26.8. The molecule has 3 N–H and O–H groups in total. The van der Waals surface area contributed by atoms with Gasteiger partial charge in [0.15, 0.2) is 11.5 Å². The molecule has 1 aliphatic carbocycles. The van der Waals surface area contributed by atoms with Crippen LogP contribution in [-0.4, -0.2) is 50.2 Å². The Kier molecular flexibility index (Phi) is 13.3. The summed E-state index contributed by atoms with van der Waals surface area (Å²) in [7, 11) is 1.63. The van der Waals surface area contributed by atoms with E-state index in [9.17, 15) is 4.79 Å². The summed E-state index contributed by atoms with van der Waals surface area (Å²) in [4.78, 5) is 14.5. The topological polar surface area (TPSA) is 76.8 Å². The summed E-state index contributed by atoms with van der Waals surface area (Å²) in [6.07, 6.45) is 2.61. The highest BCUT2D eigenvalue weighted by atomic mass is 35.5. The molecule has 1 aromatic rings. The van der Waals surface area contributed by atoms with Crippen molar-refractivity contribution in [2.45, 2.75) is 45.7 Å². The van der Waals surface area contributed by atoms with Crippen molar-refractivity contribution in [3.63, 3.8) is 0 Å². The molecule has 1 saturated carbocycles. The number of likely N-dealkylation sites (N-methyl/N-ethyl adjacent to an activating group) is 1. The van der Waals surface area contributed by atoms with Crippen molar-refractivity contribution >= 4 is 30.7 Å². The van der Waals surface area contributed by atoms with E-state index in [1.807, 2.05) is 18.2 Å². The fourth-order valence-electron chi connectivity index (χ4n) is 3.35. The maximum absolute atomic E-state index is 12.2. The largest absolute Gasteiger partial charge is 0.493 e. The van der Waals surface area contributed by atoms with Crippen LogP contribution >= 0.6 is 24.8 Å². The highest BCUT2D eigenvalue weighted by Gasteiger charge is 2.27. The molecule has 28 heavy (non-hydrogen) atoms. The second kappa shape index (κ2) is 13.9. The van der Waals surface area contributed by atoms with Crippen LogP contribution in [0.2, 0.25) is 0 Å². The average Bonchev–Trinajstić information content (AvgIpc) is 3.10. The van der Waals surface area contributed by atoms with Crippen molar-refractivity contribution in [1.29, 1.82) is 0 Å². The molecule has 1 aromatic carbocycles. The fraction of sp³-hybridized carbons (Fsp3) is 0.650. The van der Waals surface area contributed by atoms with Gasteiger partial charge in [-0.3, -0.25) is 4.79 Å². The van der Waals surface area contributed by atoms with Gasteiger partial charge in [0.05, 0.1) is 7.11 Å². The standard InChI is InChI=1S/C20H33N3O3.2ClH/c1-4-23(5-2)10-11-26-18-9-6-15(12-19(18)25-3)14-22-20(24)16-7-8-17(21)13-16;;/h6,9,12,16-17H,4-5,7-8,10-11,13-14,21H2,1-3H3,(H,22,24);2*1H. The van der Waals surface area contributed by atoms with Crippen LogP contribution in [0.1, 0.15) is 38.7 Å². The zero-order chi connectivity index (χ0) is 18.9. The molecular weight excluding hydrogens is 401 g/mol. The number of halogens is 2. The number of nitrogens with one attached hydrogen (secondary N) is 1. The molecule has 0 saturated heterocycles. The second-order valence-corrected chi connectivity index (χ2v) is 6.85. The molecule has 0 aromatic heterocycles. The fourth-order valence-corrected chi connectivity index (χ4v) is 3.35. The Balaban J connectivity index is 0.00000364. The number of hydrogen-bond acceptors (Lipinski definition) is 5. The van der Waals surface area contributed by atoms with Crippen molar-refractivity contribution in [3.05, 3.63) is 23.8 Å². The normalized spacial score (nSPS) is 18.2. The molecule has 2 atom stereocenters. The van der Waals surface area contributed by atoms with Crippen LogP contribution in [0.15, 0.2) is 18.2 Å². The number of carbonyl (C=O) groups is 1. The molecule has 1 fully saturated rings. The van der Waals surface area contributed by atoms with Crippen LogP contribution < -0.4 is 20.5 Å². The zero-order valence-corrected chi connectivity index (χ0v) is 18.7. The van der Waals surface area contributed by atoms with Crippen molar-refractivity contribution in [2.24, 2.45) is 11.7 Å². The minimum Gasteiger partial charge on any atom is -0.493 e. The van der Waals surface area contributed by atoms with E-state index in [2.05, 4.69) is 24.1 Å². The summed E-state index contributed by atoms with van der Waals surface area (Å²) in [5.74, 6) is 1.57. The smallest absolute Gasteiger partial charge is 0.223 e. The molecule has 1 aliphatic rings. The number of methoxy groups -OCH3 is 1. The van der Waals surface area contributed by atoms with Crippen LogP contribution in [0, 0.1) is 5.92 Å². The van der Waals surface area contributed by atoms with Gasteiger partial charge < -0.3 is 25.4 Å². The van der Waals surface area contributed by atoms with Crippen LogP contribution in [0.5, 0.6) is 11.5 Å². The monoisotopic (exact) mass is 435 g/mol. The first-order valence-electron chi connectivity index (χ1n) is 9.62. The van der Waals surface area contributed by atoms with Gasteiger partial charge >= 0.3 is 0 Å². The SMILES string of the molecule is CCN(CC)CCOc1ccc(CNC(=O)C2CCC(N)C2)cc1OC.Cl.Cl. The minimum absolute atomic E-state index is 0. The molecule has 1 amide bonds. The third kappa shape index (κ3) is 8.03. The highest BCUT2D eigenvalue weighted by molar-refractivity contribution is 5.85. The van der Waals surface area contributed by atoms with E-state index in [4.69, 9.17) is 15.2 Å². The highest BCUT2D eigenvalue weighted by Crippen LogP contribution is 2.28. The van der Waals surface area contributed by atoms with E-state index in [0.717, 1.165) is 50.2 Å². The molecule has 0 spiro atoms. The van der Waals surface area contributed by atoms with Crippen LogP contribution in [0.25, 0.3) is 0 Å². The van der Waals surface area contributed by atoms with E-state index in [1.54, 1.807) is 7.11 Å². The van der Waals surface area contributed by atoms with Gasteiger partial charge in [0.25, 0.3) is 0 Å². The molecule has 2 rings (SSSR count). The Bertz CT molecular complexity index is 586. The molecule has 0 radical (unpaired) electrons. The van der Waals surface area contributed by atoms with Gasteiger partial charge in [0.2, 0.25) is 5.91 Å². The number of hydrogen-bond donors (Lipinski definition) is 2. The lowest BCUT2D eigenvalue weighted by Gasteiger charge is -2.19. The third-order valence-corrected chi connectivity index (χ3v) is 5.10. The average molecular weight is 436 g/mol. The maximum atomic E-state index is 12.2. The predicted molar refractivity (Wildman–Crippen MR) is 118 cm³/mol. The molecule has 162 valence electrons. The minimum atomic E-state index is 0. The van der Waals surface area contributed by atoms with Gasteiger partial charge in [-0.15, -0.1) is 24.8 Å². The lowest BCUT2D eigenvalue weighted by molar-refractivity contribution is -0.125. The summed E-state index contributed by atoms with van der Waals surface area (Å²) in [5.41, 5.74) is 6.88. The van der Waals surface area contributed by atoms with E-state index in [1.165, 1.54) is 0 Å². The Morgan fingerprint density at radius 1 is 1.21 bits per heavy atom. The van der Waals surface area contributed by atoms with Gasteiger partial charge in [-0.25, -0.2) is 0 Å². The summed E-state index contributed by atoms with van der Waals surface area (Å²) < 4.78 is 11.3. The summed E-state index contributed by atoms with van der Waals surface area (Å²) in [6, 6.07) is 5.97. The maximum Gasteiger partial charge on any atom is 0.223 e. The molecule has 0 bridgehead atoms. The molecule has 0 heterocycles. The first-order chi connectivity index (χ1) is 12.6. The van der Waals surface area contributed by atoms with Gasteiger partial charge in [-0.1, -0.05) is 19.9 Å². The number of nitrogens with two attached hydrogens (primary N) is 1. The molecule has 6 nitrogen and oxygen atoms in total. The summed E-state index contributed by atoms with van der Waals surface area (Å²) in [6.45, 7) is 8.32. The number of ether oxygens (including phenoxy) is 2. The molecule has 8 heteroatoms. The van der Waals surface area contributed by atoms with Crippen molar-refractivity contribution in [2.75, 3.05) is 33.4 Å². The summed E-state index contributed by atoms with van der Waals surface area (Å²) >= 11 is 0. The molecule has 2 unspecified atom stereocenters.